The molecule has 1 aromatic heterocycles. The van der Waals surface area contributed by atoms with Crippen molar-refractivity contribution in [3.05, 3.63) is 78.4 Å². The molecule has 1 heterocycles. The highest BCUT2D eigenvalue weighted by atomic mass is 16.5. The molecule has 0 aliphatic heterocycles. The van der Waals surface area contributed by atoms with E-state index in [4.69, 9.17) is 10.5 Å². The van der Waals surface area contributed by atoms with Crippen LogP contribution in [0.15, 0.2) is 72.8 Å². The maximum atomic E-state index is 12.5. The first-order valence-corrected chi connectivity index (χ1v) is 8.97. The molecule has 4 N–H and O–H groups in total. The molecule has 0 atom stereocenters. The number of carbonyl (C=O) groups excluding carboxylic acids is 1. The van der Waals surface area contributed by atoms with Crippen molar-refractivity contribution in [2.24, 2.45) is 0 Å². The molecule has 0 aliphatic carbocycles. The molecule has 0 spiro atoms. The molecule has 0 bridgehead atoms. The summed E-state index contributed by atoms with van der Waals surface area (Å²) in [6.07, 6.45) is 0. The van der Waals surface area contributed by atoms with Gasteiger partial charge >= 0.3 is 0 Å². The maximum absolute atomic E-state index is 12.5. The number of nitrogens with zero attached hydrogens (tertiary/aromatic N) is 2. The molecule has 4 aromatic rings. The first kappa shape index (κ1) is 18.2. The lowest BCUT2D eigenvalue weighted by atomic mass is 10.1. The fraction of sp³-hybridized carbons (Fsp3) is 0.0455. The zero-order valence-corrected chi connectivity index (χ0v) is 15.7. The summed E-state index contributed by atoms with van der Waals surface area (Å²) in [4.78, 5) is 12.5. The zero-order valence-electron chi connectivity index (χ0n) is 15.7. The molecule has 3 aromatic carbocycles. The number of anilines is 4. The summed E-state index contributed by atoms with van der Waals surface area (Å²) in [6, 6.07) is 21.9. The number of rotatable bonds is 5. The van der Waals surface area contributed by atoms with Crippen LogP contribution in [0.5, 0.6) is 5.75 Å². The Balaban J connectivity index is 1.49. The lowest BCUT2D eigenvalue weighted by molar-refractivity contribution is 0.102. The lowest BCUT2D eigenvalue weighted by Crippen LogP contribution is -2.11. The molecule has 144 valence electrons. The normalized spacial score (nSPS) is 10.5. The Labute approximate surface area is 167 Å². The third kappa shape index (κ3) is 3.93. The van der Waals surface area contributed by atoms with Gasteiger partial charge in [-0.05, 0) is 48.5 Å². The average molecular weight is 385 g/mol. The van der Waals surface area contributed by atoms with Gasteiger partial charge in [-0.1, -0.05) is 24.3 Å². The second kappa shape index (κ2) is 7.85. The summed E-state index contributed by atoms with van der Waals surface area (Å²) in [5.74, 6) is 1.53. The van der Waals surface area contributed by atoms with E-state index in [0.29, 0.717) is 22.9 Å². The number of benzene rings is 3. The second-order valence-electron chi connectivity index (χ2n) is 6.36. The highest BCUT2D eigenvalue weighted by Crippen LogP contribution is 2.26. The first-order valence-electron chi connectivity index (χ1n) is 8.97. The SMILES string of the molecule is COc1ccc(NC(=O)c2ccc(Nc3nnc(N)c4ccccc34)cc2)cc1. The largest absolute Gasteiger partial charge is 0.497 e. The summed E-state index contributed by atoms with van der Waals surface area (Å²) in [6.45, 7) is 0. The van der Waals surface area contributed by atoms with Gasteiger partial charge in [-0.15, -0.1) is 10.2 Å². The number of nitrogens with one attached hydrogen (secondary N) is 2. The van der Waals surface area contributed by atoms with Crippen LogP contribution in [0.3, 0.4) is 0 Å². The molecule has 7 heteroatoms. The average Bonchev–Trinajstić information content (AvgIpc) is 2.77. The summed E-state index contributed by atoms with van der Waals surface area (Å²) < 4.78 is 5.12. The van der Waals surface area contributed by atoms with Crippen LogP contribution in [0, 0.1) is 0 Å². The van der Waals surface area contributed by atoms with Crippen molar-refractivity contribution in [3.8, 4) is 5.75 Å². The lowest BCUT2D eigenvalue weighted by Gasteiger charge is -2.10. The highest BCUT2D eigenvalue weighted by molar-refractivity contribution is 6.04. The number of fused-ring (bicyclic) bond motifs is 1. The van der Waals surface area contributed by atoms with Crippen LogP contribution in [0.25, 0.3) is 10.8 Å². The van der Waals surface area contributed by atoms with Crippen molar-refractivity contribution in [2.45, 2.75) is 0 Å². The number of hydrogen-bond donors (Lipinski definition) is 3. The minimum Gasteiger partial charge on any atom is -0.497 e. The minimum absolute atomic E-state index is 0.195. The van der Waals surface area contributed by atoms with Crippen LogP contribution >= 0.6 is 0 Å². The van der Waals surface area contributed by atoms with Gasteiger partial charge in [0.25, 0.3) is 5.91 Å². The Hall–Kier alpha value is -4.13. The molecule has 0 aliphatic rings. The van der Waals surface area contributed by atoms with E-state index in [-0.39, 0.29) is 5.91 Å². The standard InChI is InChI=1S/C22H19N5O2/c1-29-17-12-10-16(11-13-17)25-22(28)14-6-8-15(9-7-14)24-21-19-5-3-2-4-18(19)20(23)26-27-21/h2-13H,1H3,(H2,23,26)(H,24,27)(H,25,28). The number of amides is 1. The van der Waals surface area contributed by atoms with E-state index in [0.717, 1.165) is 22.2 Å². The smallest absolute Gasteiger partial charge is 0.255 e. The maximum Gasteiger partial charge on any atom is 0.255 e. The monoisotopic (exact) mass is 385 g/mol. The van der Waals surface area contributed by atoms with Gasteiger partial charge in [-0.3, -0.25) is 4.79 Å². The van der Waals surface area contributed by atoms with E-state index < -0.39 is 0 Å². The Kier molecular flexibility index (Phi) is 4.94. The molecular formula is C22H19N5O2. The number of carbonyl (C=O) groups is 1. The van der Waals surface area contributed by atoms with Crippen LogP contribution in [-0.4, -0.2) is 23.2 Å². The molecule has 0 fully saturated rings. The van der Waals surface area contributed by atoms with E-state index in [9.17, 15) is 4.79 Å². The molecule has 7 nitrogen and oxygen atoms in total. The summed E-state index contributed by atoms with van der Waals surface area (Å²) in [5, 5.41) is 15.9. The molecule has 29 heavy (non-hydrogen) atoms. The third-order valence-electron chi connectivity index (χ3n) is 4.47. The van der Waals surface area contributed by atoms with Gasteiger partial charge in [-0.2, -0.15) is 0 Å². The minimum atomic E-state index is -0.195. The number of hydrogen-bond acceptors (Lipinski definition) is 6. The molecule has 0 unspecified atom stereocenters. The predicted octanol–water partition coefficient (Wildman–Crippen LogP) is 4.22. The van der Waals surface area contributed by atoms with Crippen molar-refractivity contribution in [3.63, 3.8) is 0 Å². The predicted molar refractivity (Wildman–Crippen MR) is 115 cm³/mol. The molecule has 0 radical (unpaired) electrons. The van der Waals surface area contributed by atoms with E-state index in [1.807, 2.05) is 36.4 Å². The molecule has 0 saturated carbocycles. The van der Waals surface area contributed by atoms with Crippen LogP contribution in [0.2, 0.25) is 0 Å². The second-order valence-corrected chi connectivity index (χ2v) is 6.36. The first-order chi connectivity index (χ1) is 14.1. The number of nitrogens with two attached hydrogens (primary N) is 1. The number of ether oxygens (including phenoxy) is 1. The van der Waals surface area contributed by atoms with Gasteiger partial charge in [0, 0.05) is 27.7 Å². The molecular weight excluding hydrogens is 366 g/mol. The third-order valence-corrected chi connectivity index (χ3v) is 4.47. The fourth-order valence-electron chi connectivity index (χ4n) is 2.94. The molecule has 4 rings (SSSR count). The van der Waals surface area contributed by atoms with Crippen LogP contribution in [-0.2, 0) is 0 Å². The Morgan fingerprint density at radius 1 is 0.862 bits per heavy atom. The van der Waals surface area contributed by atoms with Crippen LogP contribution < -0.4 is 21.1 Å². The van der Waals surface area contributed by atoms with Crippen molar-refractivity contribution >= 4 is 39.7 Å². The number of methoxy groups -OCH3 is 1. The molecule has 0 saturated heterocycles. The van der Waals surface area contributed by atoms with E-state index >= 15 is 0 Å². The van der Waals surface area contributed by atoms with Gasteiger partial charge < -0.3 is 21.1 Å². The molecule has 1 amide bonds. The number of aromatic nitrogens is 2. The zero-order chi connectivity index (χ0) is 20.2. The van der Waals surface area contributed by atoms with Gasteiger partial charge in [0.2, 0.25) is 0 Å². The highest BCUT2D eigenvalue weighted by Gasteiger charge is 2.09. The van der Waals surface area contributed by atoms with Crippen molar-refractivity contribution in [1.82, 2.24) is 10.2 Å². The Morgan fingerprint density at radius 3 is 2.21 bits per heavy atom. The fourth-order valence-corrected chi connectivity index (χ4v) is 2.94. The summed E-state index contributed by atoms with van der Waals surface area (Å²) in [7, 11) is 1.60. The van der Waals surface area contributed by atoms with E-state index in [1.54, 1.807) is 43.5 Å². The summed E-state index contributed by atoms with van der Waals surface area (Å²) >= 11 is 0. The number of nitrogen functional groups attached to an aromatic ring is 1. The Morgan fingerprint density at radius 2 is 1.52 bits per heavy atom. The van der Waals surface area contributed by atoms with Crippen LogP contribution in [0.1, 0.15) is 10.4 Å². The van der Waals surface area contributed by atoms with Crippen LogP contribution in [0.4, 0.5) is 23.0 Å². The Bertz CT molecular complexity index is 1160. The topological polar surface area (TPSA) is 102 Å². The van der Waals surface area contributed by atoms with E-state index in [1.165, 1.54) is 0 Å². The van der Waals surface area contributed by atoms with Gasteiger partial charge in [-0.25, -0.2) is 0 Å². The summed E-state index contributed by atoms with van der Waals surface area (Å²) in [5.41, 5.74) is 7.92. The van der Waals surface area contributed by atoms with Gasteiger partial charge in [0.05, 0.1) is 7.11 Å². The van der Waals surface area contributed by atoms with Crippen molar-refractivity contribution < 1.29 is 9.53 Å². The van der Waals surface area contributed by atoms with E-state index in [2.05, 4.69) is 20.8 Å². The quantitative estimate of drug-likeness (QED) is 0.475. The van der Waals surface area contributed by atoms with Crippen molar-refractivity contribution in [2.75, 3.05) is 23.5 Å². The van der Waals surface area contributed by atoms with Gasteiger partial charge in [0.1, 0.15) is 5.75 Å². The van der Waals surface area contributed by atoms with Gasteiger partial charge in [0.15, 0.2) is 11.6 Å². The van der Waals surface area contributed by atoms with Crippen molar-refractivity contribution in [1.29, 1.82) is 0 Å².